The first-order valence-electron chi connectivity index (χ1n) is 11.4. The molecule has 8 heteroatoms. The zero-order valence-electron chi connectivity index (χ0n) is 19.6. The molecule has 0 aromatic heterocycles. The first-order valence-corrected chi connectivity index (χ1v) is 12.2. The van der Waals surface area contributed by atoms with E-state index in [2.05, 4.69) is 5.32 Å². The van der Waals surface area contributed by atoms with Crippen LogP contribution in [0, 0.1) is 17.1 Å². The van der Waals surface area contributed by atoms with Crippen molar-refractivity contribution in [3.63, 3.8) is 0 Å². The number of thioether (sulfide) groups is 1. The van der Waals surface area contributed by atoms with Crippen molar-refractivity contribution >= 4 is 29.3 Å². The maximum absolute atomic E-state index is 13.4. The van der Waals surface area contributed by atoms with Gasteiger partial charge in [-0.05, 0) is 60.4 Å². The molecule has 1 aliphatic heterocycles. The summed E-state index contributed by atoms with van der Waals surface area (Å²) >= 11 is 1.18. The van der Waals surface area contributed by atoms with Crippen LogP contribution >= 0.6 is 11.8 Å². The van der Waals surface area contributed by atoms with Crippen molar-refractivity contribution in [1.82, 2.24) is 5.32 Å². The van der Waals surface area contributed by atoms with Gasteiger partial charge in [0, 0.05) is 12.2 Å². The maximum Gasteiger partial charge on any atom is 0.264 e. The zero-order valence-corrected chi connectivity index (χ0v) is 20.4. The number of hydrogen-bond donors (Lipinski definition) is 1. The van der Waals surface area contributed by atoms with Gasteiger partial charge in [0.15, 0.2) is 0 Å². The topological polar surface area (TPSA) is 82.4 Å². The molecule has 1 saturated heterocycles. The van der Waals surface area contributed by atoms with E-state index in [4.69, 9.17) is 4.74 Å². The van der Waals surface area contributed by atoms with E-state index in [0.29, 0.717) is 30.1 Å². The molecule has 1 fully saturated rings. The number of benzene rings is 3. The van der Waals surface area contributed by atoms with Crippen LogP contribution in [0.1, 0.15) is 11.1 Å². The minimum atomic E-state index is -0.555. The van der Waals surface area contributed by atoms with E-state index >= 15 is 0 Å². The molecule has 3 aromatic carbocycles. The second-order valence-corrected chi connectivity index (χ2v) is 9.28. The quantitative estimate of drug-likeness (QED) is 0.360. The number of nitrogens with zero attached hydrogens (tertiary/aromatic N) is 2. The monoisotopic (exact) mass is 501 g/mol. The molecule has 36 heavy (non-hydrogen) atoms. The third kappa shape index (κ3) is 5.75. The van der Waals surface area contributed by atoms with E-state index in [1.807, 2.05) is 36.4 Å². The Balaban J connectivity index is 1.55. The van der Waals surface area contributed by atoms with E-state index < -0.39 is 11.2 Å². The minimum absolute atomic E-state index is 0.117. The largest absolute Gasteiger partial charge is 0.497 e. The molecule has 2 amide bonds. The Morgan fingerprint density at radius 3 is 2.36 bits per heavy atom. The van der Waals surface area contributed by atoms with Gasteiger partial charge in [-0.15, -0.1) is 0 Å². The maximum atomic E-state index is 13.4. The van der Waals surface area contributed by atoms with Crippen LogP contribution in [0.5, 0.6) is 5.75 Å². The van der Waals surface area contributed by atoms with Gasteiger partial charge in [-0.1, -0.05) is 54.2 Å². The third-order valence-corrected chi connectivity index (χ3v) is 6.98. The fraction of sp³-hybridized carbons (Fsp3) is 0.179. The standard InChI is InChI=1S/C28H24FN3O3S/c1-35-23-13-9-19(10-14-23)15-16-31-26(33)24(18-30)28-32(22-5-3-2-4-6-22)27(34)25(36-28)17-20-7-11-21(29)12-8-20/h2-14,25H,15-17H2,1H3,(H,31,33)/b28-24+. The Kier molecular flexibility index (Phi) is 8.03. The van der Waals surface area contributed by atoms with Crippen molar-refractivity contribution in [3.8, 4) is 11.8 Å². The van der Waals surface area contributed by atoms with Gasteiger partial charge in [0.25, 0.3) is 5.91 Å². The third-order valence-electron chi connectivity index (χ3n) is 5.71. The lowest BCUT2D eigenvalue weighted by Gasteiger charge is -2.18. The number of ether oxygens (including phenoxy) is 1. The minimum Gasteiger partial charge on any atom is -0.497 e. The molecule has 1 aliphatic rings. The highest BCUT2D eigenvalue weighted by molar-refractivity contribution is 8.05. The average molecular weight is 502 g/mol. The summed E-state index contributed by atoms with van der Waals surface area (Å²) in [5.41, 5.74) is 2.26. The average Bonchev–Trinajstić information content (AvgIpc) is 3.22. The second-order valence-electron chi connectivity index (χ2n) is 8.09. The number of amides is 2. The van der Waals surface area contributed by atoms with Crippen LogP contribution in [-0.2, 0) is 22.4 Å². The number of anilines is 1. The van der Waals surface area contributed by atoms with Crippen molar-refractivity contribution in [2.75, 3.05) is 18.6 Å². The van der Waals surface area contributed by atoms with Crippen LogP contribution in [0.2, 0.25) is 0 Å². The Bertz CT molecular complexity index is 1300. The van der Waals surface area contributed by atoms with Crippen molar-refractivity contribution in [2.24, 2.45) is 0 Å². The molecule has 1 heterocycles. The molecule has 0 aliphatic carbocycles. The van der Waals surface area contributed by atoms with Gasteiger partial charge in [-0.3, -0.25) is 14.5 Å². The Labute approximate surface area is 213 Å². The number of rotatable bonds is 8. The summed E-state index contributed by atoms with van der Waals surface area (Å²) < 4.78 is 18.5. The first-order chi connectivity index (χ1) is 17.5. The fourth-order valence-electron chi connectivity index (χ4n) is 3.83. The van der Waals surface area contributed by atoms with Crippen LogP contribution in [0.3, 0.4) is 0 Å². The van der Waals surface area contributed by atoms with E-state index in [9.17, 15) is 19.2 Å². The highest BCUT2D eigenvalue weighted by Gasteiger charge is 2.40. The predicted molar refractivity (Wildman–Crippen MR) is 138 cm³/mol. The Morgan fingerprint density at radius 2 is 1.72 bits per heavy atom. The summed E-state index contributed by atoms with van der Waals surface area (Å²) in [6.45, 7) is 0.326. The fourth-order valence-corrected chi connectivity index (χ4v) is 5.14. The highest BCUT2D eigenvalue weighted by atomic mass is 32.2. The van der Waals surface area contributed by atoms with Crippen molar-refractivity contribution in [3.05, 3.63) is 106 Å². The molecule has 0 bridgehead atoms. The first kappa shape index (κ1) is 25.0. The summed E-state index contributed by atoms with van der Waals surface area (Å²) in [5, 5.41) is 12.5. The van der Waals surface area contributed by atoms with E-state index in [1.54, 1.807) is 43.5 Å². The van der Waals surface area contributed by atoms with E-state index in [0.717, 1.165) is 16.9 Å². The lowest BCUT2D eigenvalue weighted by atomic mass is 10.1. The number of carbonyl (C=O) groups excluding carboxylic acids is 2. The SMILES string of the molecule is COc1ccc(CCNC(=O)/C(C#N)=C2/SC(Cc3ccc(F)cc3)C(=O)N2c2ccccc2)cc1. The molecule has 1 unspecified atom stereocenters. The number of carbonyl (C=O) groups is 2. The van der Waals surface area contributed by atoms with Crippen LogP contribution in [-0.4, -0.2) is 30.7 Å². The summed E-state index contributed by atoms with van der Waals surface area (Å²) in [4.78, 5) is 27.9. The molecule has 6 nitrogen and oxygen atoms in total. The molecule has 0 radical (unpaired) electrons. The van der Waals surface area contributed by atoms with Crippen LogP contribution < -0.4 is 15.0 Å². The van der Waals surface area contributed by atoms with Gasteiger partial charge in [-0.25, -0.2) is 4.39 Å². The molecule has 4 rings (SSSR count). The van der Waals surface area contributed by atoms with Gasteiger partial charge in [0.1, 0.15) is 28.2 Å². The van der Waals surface area contributed by atoms with Crippen LogP contribution in [0.25, 0.3) is 0 Å². The number of methoxy groups -OCH3 is 1. The van der Waals surface area contributed by atoms with Crippen LogP contribution in [0.4, 0.5) is 10.1 Å². The lowest BCUT2D eigenvalue weighted by molar-refractivity contribution is -0.117. The van der Waals surface area contributed by atoms with Crippen molar-refractivity contribution in [2.45, 2.75) is 18.1 Å². The van der Waals surface area contributed by atoms with Gasteiger partial charge >= 0.3 is 0 Å². The van der Waals surface area contributed by atoms with E-state index in [-0.39, 0.29) is 17.3 Å². The van der Waals surface area contributed by atoms with Gasteiger partial charge < -0.3 is 10.1 Å². The molecular weight excluding hydrogens is 477 g/mol. The normalized spacial score (nSPS) is 16.4. The highest BCUT2D eigenvalue weighted by Crippen LogP contribution is 2.41. The number of halogens is 1. The lowest BCUT2D eigenvalue weighted by Crippen LogP contribution is -2.32. The van der Waals surface area contributed by atoms with Crippen molar-refractivity contribution < 1.29 is 18.7 Å². The summed E-state index contributed by atoms with van der Waals surface area (Å²) in [6.07, 6.45) is 0.917. The number of hydrogen-bond acceptors (Lipinski definition) is 5. The number of nitrogens with one attached hydrogen (secondary N) is 1. The Morgan fingerprint density at radius 1 is 1.06 bits per heavy atom. The number of nitriles is 1. The number of para-hydroxylation sites is 1. The molecule has 0 saturated carbocycles. The van der Waals surface area contributed by atoms with Crippen molar-refractivity contribution in [1.29, 1.82) is 5.26 Å². The van der Waals surface area contributed by atoms with E-state index in [1.165, 1.54) is 28.8 Å². The summed E-state index contributed by atoms with van der Waals surface area (Å²) in [7, 11) is 1.60. The Hall–Kier alpha value is -4.09. The summed E-state index contributed by atoms with van der Waals surface area (Å²) in [6, 6.07) is 24.4. The molecule has 0 spiro atoms. The van der Waals surface area contributed by atoms with Gasteiger partial charge in [0.05, 0.1) is 12.4 Å². The molecule has 1 atom stereocenters. The molecular formula is C28H24FN3O3S. The molecule has 1 N–H and O–H groups in total. The molecule has 182 valence electrons. The predicted octanol–water partition coefficient (Wildman–Crippen LogP) is 4.62. The second kappa shape index (κ2) is 11.6. The van der Waals surface area contributed by atoms with Crippen LogP contribution in [0.15, 0.2) is 89.5 Å². The zero-order chi connectivity index (χ0) is 25.5. The molecule has 3 aromatic rings. The smallest absolute Gasteiger partial charge is 0.264 e. The van der Waals surface area contributed by atoms with Gasteiger partial charge in [-0.2, -0.15) is 5.26 Å². The summed E-state index contributed by atoms with van der Waals surface area (Å²) in [5.74, 6) is -0.374. The van der Waals surface area contributed by atoms with Gasteiger partial charge in [0.2, 0.25) is 5.91 Å².